The van der Waals surface area contributed by atoms with Crippen molar-refractivity contribution in [2.24, 2.45) is 0 Å². The van der Waals surface area contributed by atoms with Gasteiger partial charge in [0.15, 0.2) is 6.61 Å². The Morgan fingerprint density at radius 2 is 1.46 bits per heavy atom. The zero-order valence-electron chi connectivity index (χ0n) is 15.7. The van der Waals surface area contributed by atoms with Gasteiger partial charge in [-0.05, 0) is 38.3 Å². The number of carbonyl (C=O) groups excluding carboxylic acids is 2. The molecule has 1 aromatic rings. The largest absolute Gasteiger partial charge is 0.484 e. The van der Waals surface area contributed by atoms with E-state index in [1.54, 1.807) is 0 Å². The monoisotopic (exact) mass is 359 g/mol. The van der Waals surface area contributed by atoms with E-state index in [1.807, 2.05) is 41.0 Å². The molecule has 142 valence electrons. The maximum Gasteiger partial charge on any atom is 0.260 e. The van der Waals surface area contributed by atoms with Crippen LogP contribution < -0.4 is 4.74 Å². The van der Waals surface area contributed by atoms with E-state index in [-0.39, 0.29) is 18.4 Å². The highest BCUT2D eigenvalue weighted by molar-refractivity contribution is 5.79. The van der Waals surface area contributed by atoms with Crippen molar-refractivity contribution in [1.29, 1.82) is 0 Å². The number of rotatable bonds is 5. The third-order valence-corrected chi connectivity index (χ3v) is 5.18. The normalized spacial score (nSPS) is 18.7. The molecule has 2 aliphatic heterocycles. The van der Waals surface area contributed by atoms with Gasteiger partial charge in [0.05, 0.1) is 6.54 Å². The molecule has 2 aliphatic rings. The van der Waals surface area contributed by atoms with Crippen molar-refractivity contribution in [3.8, 4) is 5.75 Å². The first-order valence-electron chi connectivity index (χ1n) is 9.59. The van der Waals surface area contributed by atoms with Crippen molar-refractivity contribution >= 4 is 11.8 Å². The molecule has 1 aromatic carbocycles. The minimum absolute atomic E-state index is 0.00702. The molecule has 0 N–H and O–H groups in total. The molecule has 0 atom stereocenters. The van der Waals surface area contributed by atoms with Crippen molar-refractivity contribution in [2.75, 3.05) is 52.4 Å². The van der Waals surface area contributed by atoms with Gasteiger partial charge < -0.3 is 14.5 Å². The Hall–Kier alpha value is -2.08. The van der Waals surface area contributed by atoms with Gasteiger partial charge in [-0.25, -0.2) is 0 Å². The third-order valence-electron chi connectivity index (χ3n) is 5.18. The molecule has 0 aromatic heterocycles. The summed E-state index contributed by atoms with van der Waals surface area (Å²) in [6.45, 7) is 7.15. The molecule has 0 bridgehead atoms. The van der Waals surface area contributed by atoms with Crippen LogP contribution in [0.3, 0.4) is 0 Å². The van der Waals surface area contributed by atoms with E-state index in [2.05, 4.69) is 4.90 Å². The molecule has 6 nitrogen and oxygen atoms in total. The minimum Gasteiger partial charge on any atom is -0.484 e. The number of hydrogen-bond donors (Lipinski definition) is 0. The second-order valence-corrected chi connectivity index (χ2v) is 7.20. The lowest BCUT2D eigenvalue weighted by Crippen LogP contribution is -2.52. The molecule has 0 radical (unpaired) electrons. The number of benzene rings is 1. The lowest BCUT2D eigenvalue weighted by atomic mass is 10.1. The summed E-state index contributed by atoms with van der Waals surface area (Å²) in [5.41, 5.74) is 1.17. The summed E-state index contributed by atoms with van der Waals surface area (Å²) in [6, 6.07) is 7.70. The fourth-order valence-corrected chi connectivity index (χ4v) is 3.46. The van der Waals surface area contributed by atoms with Crippen LogP contribution in [0, 0.1) is 6.92 Å². The zero-order chi connectivity index (χ0) is 18.4. The minimum atomic E-state index is 0.00702. The van der Waals surface area contributed by atoms with E-state index in [0.29, 0.717) is 19.6 Å². The Labute approximate surface area is 155 Å². The van der Waals surface area contributed by atoms with E-state index < -0.39 is 0 Å². The number of piperazine rings is 1. The van der Waals surface area contributed by atoms with Gasteiger partial charge >= 0.3 is 0 Å². The smallest absolute Gasteiger partial charge is 0.260 e. The summed E-state index contributed by atoms with van der Waals surface area (Å²) in [5, 5.41) is 0. The number of nitrogens with zero attached hydrogens (tertiary/aromatic N) is 3. The van der Waals surface area contributed by atoms with Crippen molar-refractivity contribution in [1.82, 2.24) is 14.7 Å². The average Bonchev–Trinajstić information content (AvgIpc) is 2.68. The summed E-state index contributed by atoms with van der Waals surface area (Å²) in [6.07, 6.45) is 3.47. The first-order valence-corrected chi connectivity index (χ1v) is 9.59. The molecule has 2 fully saturated rings. The first kappa shape index (κ1) is 18.7. The molecule has 2 amide bonds. The number of amides is 2. The van der Waals surface area contributed by atoms with Crippen LogP contribution in [0.1, 0.15) is 24.8 Å². The Bertz CT molecular complexity index is 603. The maximum absolute atomic E-state index is 12.3. The number of likely N-dealkylation sites (tertiary alicyclic amines) is 1. The van der Waals surface area contributed by atoms with Gasteiger partial charge in [-0.3, -0.25) is 14.5 Å². The van der Waals surface area contributed by atoms with Gasteiger partial charge in [0.2, 0.25) is 5.91 Å². The molecular formula is C20H29N3O3. The Morgan fingerprint density at radius 3 is 2.12 bits per heavy atom. The molecule has 0 spiro atoms. The zero-order valence-corrected chi connectivity index (χ0v) is 15.7. The topological polar surface area (TPSA) is 53.1 Å². The molecule has 3 rings (SSSR count). The van der Waals surface area contributed by atoms with E-state index >= 15 is 0 Å². The number of carbonyl (C=O) groups is 2. The van der Waals surface area contributed by atoms with Crippen LogP contribution in [-0.4, -0.2) is 78.9 Å². The Balaban J connectivity index is 1.38. The maximum atomic E-state index is 12.3. The van der Waals surface area contributed by atoms with Crippen molar-refractivity contribution in [3.05, 3.63) is 29.8 Å². The predicted octanol–water partition coefficient (Wildman–Crippen LogP) is 1.53. The van der Waals surface area contributed by atoms with E-state index in [0.717, 1.165) is 44.8 Å². The summed E-state index contributed by atoms with van der Waals surface area (Å²) < 4.78 is 5.58. The van der Waals surface area contributed by atoms with Crippen LogP contribution in [0.25, 0.3) is 0 Å². The number of ether oxygens (including phenoxy) is 1. The Morgan fingerprint density at radius 1 is 0.846 bits per heavy atom. The first-order chi connectivity index (χ1) is 12.6. The fourth-order valence-electron chi connectivity index (χ4n) is 3.46. The second kappa shape index (κ2) is 9.03. The van der Waals surface area contributed by atoms with Crippen LogP contribution >= 0.6 is 0 Å². The quantitative estimate of drug-likeness (QED) is 0.800. The molecule has 6 heteroatoms. The summed E-state index contributed by atoms with van der Waals surface area (Å²) >= 11 is 0. The van der Waals surface area contributed by atoms with Crippen LogP contribution in [0.4, 0.5) is 0 Å². The highest BCUT2D eigenvalue weighted by atomic mass is 16.5. The lowest BCUT2D eigenvalue weighted by Gasteiger charge is -2.36. The second-order valence-electron chi connectivity index (χ2n) is 7.20. The van der Waals surface area contributed by atoms with Crippen molar-refractivity contribution in [2.45, 2.75) is 26.2 Å². The number of piperidine rings is 1. The van der Waals surface area contributed by atoms with Gasteiger partial charge in [0.1, 0.15) is 5.75 Å². The van der Waals surface area contributed by atoms with Gasteiger partial charge in [0, 0.05) is 39.3 Å². The van der Waals surface area contributed by atoms with E-state index in [1.165, 1.54) is 12.0 Å². The number of hydrogen-bond acceptors (Lipinski definition) is 4. The average molecular weight is 359 g/mol. The van der Waals surface area contributed by atoms with Gasteiger partial charge in [-0.2, -0.15) is 0 Å². The highest BCUT2D eigenvalue weighted by Crippen LogP contribution is 2.12. The van der Waals surface area contributed by atoms with Gasteiger partial charge in [0.25, 0.3) is 5.91 Å². The summed E-state index contributed by atoms with van der Waals surface area (Å²) in [4.78, 5) is 30.6. The van der Waals surface area contributed by atoms with Crippen molar-refractivity contribution in [3.63, 3.8) is 0 Å². The van der Waals surface area contributed by atoms with Crippen LogP contribution in [0.5, 0.6) is 5.75 Å². The molecule has 0 unspecified atom stereocenters. The molecule has 2 heterocycles. The molecular weight excluding hydrogens is 330 g/mol. The van der Waals surface area contributed by atoms with Crippen molar-refractivity contribution < 1.29 is 14.3 Å². The highest BCUT2D eigenvalue weighted by Gasteiger charge is 2.24. The van der Waals surface area contributed by atoms with Gasteiger partial charge in [-0.1, -0.05) is 17.7 Å². The number of aryl methyl sites for hydroxylation is 1. The molecule has 26 heavy (non-hydrogen) atoms. The lowest BCUT2D eigenvalue weighted by molar-refractivity contribution is -0.136. The molecule has 0 aliphatic carbocycles. The SMILES string of the molecule is Cc1ccc(OCC(=O)N2CCN(CC(=O)N3CCCCC3)CC2)cc1. The fraction of sp³-hybridized carbons (Fsp3) is 0.600. The standard InChI is InChI=1S/C20H29N3O3/c1-17-5-7-18(8-6-17)26-16-20(25)23-13-11-21(12-14-23)15-19(24)22-9-3-2-4-10-22/h5-8H,2-4,9-16H2,1H3. The summed E-state index contributed by atoms with van der Waals surface area (Å²) in [7, 11) is 0. The van der Waals surface area contributed by atoms with Crippen LogP contribution in [-0.2, 0) is 9.59 Å². The summed E-state index contributed by atoms with van der Waals surface area (Å²) in [5.74, 6) is 0.953. The van der Waals surface area contributed by atoms with Crippen LogP contribution in [0.15, 0.2) is 24.3 Å². The molecule has 0 saturated carbocycles. The van der Waals surface area contributed by atoms with E-state index in [4.69, 9.17) is 4.74 Å². The van der Waals surface area contributed by atoms with E-state index in [9.17, 15) is 9.59 Å². The van der Waals surface area contributed by atoms with Gasteiger partial charge in [-0.15, -0.1) is 0 Å². The third kappa shape index (κ3) is 5.21. The van der Waals surface area contributed by atoms with Crippen LogP contribution in [0.2, 0.25) is 0 Å². The Kier molecular flexibility index (Phi) is 6.50. The molecule has 2 saturated heterocycles. The predicted molar refractivity (Wildman–Crippen MR) is 100 cm³/mol.